The maximum absolute atomic E-state index is 6.09. The molecule has 0 aliphatic heterocycles. The molecule has 2 heteroatoms. The van der Waals surface area contributed by atoms with Gasteiger partial charge in [0, 0.05) is 6.04 Å². The summed E-state index contributed by atoms with van der Waals surface area (Å²) in [5, 5.41) is 0. The van der Waals surface area contributed by atoms with Gasteiger partial charge in [-0.1, -0.05) is 72.8 Å². The average molecular weight is 300 g/mol. The SMILES string of the molecule is N/C=C\C(N)c1cccc(-c2ccc(-c3ccccc3)cc2)c1. The lowest BCUT2D eigenvalue weighted by Gasteiger charge is -2.10. The second kappa shape index (κ2) is 6.95. The lowest BCUT2D eigenvalue weighted by Crippen LogP contribution is -2.07. The Morgan fingerprint density at radius 2 is 1.22 bits per heavy atom. The molecule has 0 amide bonds. The van der Waals surface area contributed by atoms with Crippen LogP contribution >= 0.6 is 0 Å². The summed E-state index contributed by atoms with van der Waals surface area (Å²) in [5.74, 6) is 0. The minimum atomic E-state index is -0.177. The van der Waals surface area contributed by atoms with E-state index in [1.165, 1.54) is 22.9 Å². The van der Waals surface area contributed by atoms with Gasteiger partial charge in [0.2, 0.25) is 0 Å². The summed E-state index contributed by atoms with van der Waals surface area (Å²) in [6.45, 7) is 0. The fraction of sp³-hybridized carbons (Fsp3) is 0.0476. The lowest BCUT2D eigenvalue weighted by atomic mass is 9.97. The molecule has 114 valence electrons. The summed E-state index contributed by atoms with van der Waals surface area (Å²) in [6, 6.07) is 27.0. The first-order valence-corrected chi connectivity index (χ1v) is 7.68. The minimum Gasteiger partial charge on any atom is -0.405 e. The molecule has 0 fully saturated rings. The van der Waals surface area contributed by atoms with Gasteiger partial charge in [0.25, 0.3) is 0 Å². The molecule has 0 radical (unpaired) electrons. The van der Waals surface area contributed by atoms with E-state index in [9.17, 15) is 0 Å². The van der Waals surface area contributed by atoms with Crippen molar-refractivity contribution in [2.75, 3.05) is 0 Å². The molecule has 2 nitrogen and oxygen atoms in total. The van der Waals surface area contributed by atoms with Gasteiger partial charge in [0.05, 0.1) is 0 Å². The van der Waals surface area contributed by atoms with E-state index in [0.29, 0.717) is 0 Å². The van der Waals surface area contributed by atoms with Crippen molar-refractivity contribution in [2.45, 2.75) is 6.04 Å². The summed E-state index contributed by atoms with van der Waals surface area (Å²) >= 11 is 0. The molecule has 0 spiro atoms. The van der Waals surface area contributed by atoms with Crippen LogP contribution in [-0.4, -0.2) is 0 Å². The van der Waals surface area contributed by atoms with Crippen molar-refractivity contribution in [3.05, 3.63) is 96.7 Å². The highest BCUT2D eigenvalue weighted by atomic mass is 14.6. The molecule has 23 heavy (non-hydrogen) atoms. The average Bonchev–Trinajstić information content (AvgIpc) is 2.63. The van der Waals surface area contributed by atoms with Crippen molar-refractivity contribution in [1.82, 2.24) is 0 Å². The number of hydrogen-bond donors (Lipinski definition) is 2. The topological polar surface area (TPSA) is 52.0 Å². The van der Waals surface area contributed by atoms with Crippen molar-refractivity contribution in [3.63, 3.8) is 0 Å². The largest absolute Gasteiger partial charge is 0.405 e. The zero-order chi connectivity index (χ0) is 16.1. The van der Waals surface area contributed by atoms with Crippen molar-refractivity contribution in [3.8, 4) is 22.3 Å². The number of rotatable bonds is 4. The van der Waals surface area contributed by atoms with Gasteiger partial charge in [0.15, 0.2) is 0 Å². The van der Waals surface area contributed by atoms with E-state index in [0.717, 1.165) is 11.1 Å². The number of benzene rings is 3. The van der Waals surface area contributed by atoms with Gasteiger partial charge in [0.1, 0.15) is 0 Å². The molecule has 0 aliphatic rings. The fourth-order valence-corrected chi connectivity index (χ4v) is 2.64. The van der Waals surface area contributed by atoms with Gasteiger partial charge < -0.3 is 11.5 Å². The molecule has 3 rings (SSSR count). The molecule has 1 atom stereocenters. The van der Waals surface area contributed by atoms with Crippen LogP contribution in [0.2, 0.25) is 0 Å². The molecule has 0 saturated carbocycles. The summed E-state index contributed by atoms with van der Waals surface area (Å²) in [6.07, 6.45) is 3.28. The molecule has 3 aromatic carbocycles. The normalized spacial score (nSPS) is 12.4. The Balaban J connectivity index is 1.89. The van der Waals surface area contributed by atoms with Gasteiger partial charge in [-0.15, -0.1) is 0 Å². The molecule has 0 aromatic heterocycles. The van der Waals surface area contributed by atoms with Crippen LogP contribution in [0.25, 0.3) is 22.3 Å². The molecule has 0 saturated heterocycles. The van der Waals surface area contributed by atoms with Crippen molar-refractivity contribution in [2.24, 2.45) is 11.5 Å². The summed E-state index contributed by atoms with van der Waals surface area (Å²) in [5.41, 5.74) is 17.3. The number of nitrogens with two attached hydrogens (primary N) is 2. The van der Waals surface area contributed by atoms with Gasteiger partial charge >= 0.3 is 0 Å². The van der Waals surface area contributed by atoms with E-state index in [1.807, 2.05) is 18.2 Å². The Morgan fingerprint density at radius 3 is 1.87 bits per heavy atom. The first kappa shape index (κ1) is 15.1. The standard InChI is InChI=1S/C21H20N2/c22-14-13-21(23)20-8-4-7-19(15-20)18-11-9-17(10-12-18)16-5-2-1-3-6-16/h1-15,21H,22-23H2/b14-13-. The van der Waals surface area contributed by atoms with Crippen LogP contribution in [0.15, 0.2) is 91.1 Å². The summed E-state index contributed by atoms with van der Waals surface area (Å²) in [7, 11) is 0. The van der Waals surface area contributed by atoms with Crippen LogP contribution in [0, 0.1) is 0 Å². The first-order valence-electron chi connectivity index (χ1n) is 7.68. The van der Waals surface area contributed by atoms with E-state index >= 15 is 0 Å². The van der Waals surface area contributed by atoms with Crippen molar-refractivity contribution < 1.29 is 0 Å². The van der Waals surface area contributed by atoms with E-state index in [-0.39, 0.29) is 6.04 Å². The maximum atomic E-state index is 6.09. The second-order valence-electron chi connectivity index (χ2n) is 5.48. The van der Waals surface area contributed by atoms with Crippen LogP contribution in [0.1, 0.15) is 11.6 Å². The third-order valence-electron chi connectivity index (χ3n) is 3.92. The van der Waals surface area contributed by atoms with E-state index in [1.54, 1.807) is 6.08 Å². The zero-order valence-corrected chi connectivity index (χ0v) is 12.9. The third-order valence-corrected chi connectivity index (χ3v) is 3.92. The molecule has 3 aromatic rings. The quantitative estimate of drug-likeness (QED) is 0.745. The Hall–Kier alpha value is -2.84. The predicted molar refractivity (Wildman–Crippen MR) is 97.6 cm³/mol. The molecule has 4 N–H and O–H groups in total. The predicted octanol–water partition coefficient (Wildman–Crippen LogP) is 4.49. The first-order chi connectivity index (χ1) is 11.3. The molecule has 0 heterocycles. The maximum Gasteiger partial charge on any atom is 0.0498 e. The van der Waals surface area contributed by atoms with Crippen LogP contribution in [0.3, 0.4) is 0 Å². The van der Waals surface area contributed by atoms with Gasteiger partial charge in [-0.05, 0) is 46.2 Å². The van der Waals surface area contributed by atoms with E-state index in [4.69, 9.17) is 11.5 Å². The van der Waals surface area contributed by atoms with Gasteiger partial charge in [-0.3, -0.25) is 0 Å². The van der Waals surface area contributed by atoms with Crippen LogP contribution in [0.4, 0.5) is 0 Å². The van der Waals surface area contributed by atoms with Crippen LogP contribution < -0.4 is 11.5 Å². The lowest BCUT2D eigenvalue weighted by molar-refractivity contribution is 0.909. The minimum absolute atomic E-state index is 0.177. The summed E-state index contributed by atoms with van der Waals surface area (Å²) < 4.78 is 0. The Kier molecular flexibility index (Phi) is 4.55. The highest BCUT2D eigenvalue weighted by Gasteiger charge is 2.05. The Bertz CT molecular complexity index is 790. The molecule has 0 bridgehead atoms. The van der Waals surface area contributed by atoms with Crippen molar-refractivity contribution >= 4 is 0 Å². The smallest absolute Gasteiger partial charge is 0.0498 e. The molecular formula is C21H20N2. The zero-order valence-electron chi connectivity index (χ0n) is 12.9. The molecular weight excluding hydrogens is 280 g/mol. The van der Waals surface area contributed by atoms with Crippen LogP contribution in [0.5, 0.6) is 0 Å². The van der Waals surface area contributed by atoms with Gasteiger partial charge in [-0.25, -0.2) is 0 Å². The second-order valence-corrected chi connectivity index (χ2v) is 5.48. The van der Waals surface area contributed by atoms with Crippen molar-refractivity contribution in [1.29, 1.82) is 0 Å². The highest BCUT2D eigenvalue weighted by Crippen LogP contribution is 2.26. The van der Waals surface area contributed by atoms with E-state index < -0.39 is 0 Å². The summed E-state index contributed by atoms with van der Waals surface area (Å²) in [4.78, 5) is 0. The number of hydrogen-bond acceptors (Lipinski definition) is 2. The molecule has 0 aliphatic carbocycles. The molecule has 1 unspecified atom stereocenters. The Labute approximate surface area is 137 Å². The Morgan fingerprint density at radius 1 is 0.652 bits per heavy atom. The third kappa shape index (κ3) is 3.50. The van der Waals surface area contributed by atoms with E-state index in [2.05, 4.69) is 60.7 Å². The fourth-order valence-electron chi connectivity index (χ4n) is 2.64. The highest BCUT2D eigenvalue weighted by molar-refractivity contribution is 5.70. The van der Waals surface area contributed by atoms with Crippen LogP contribution in [-0.2, 0) is 0 Å². The monoisotopic (exact) mass is 300 g/mol. The van der Waals surface area contributed by atoms with Gasteiger partial charge in [-0.2, -0.15) is 0 Å².